The van der Waals surface area contributed by atoms with Crippen molar-refractivity contribution in [2.24, 2.45) is 11.7 Å². The number of hydrogen-bond donors (Lipinski definition) is 3. The topological polar surface area (TPSA) is 84.6 Å². The highest BCUT2D eigenvalue weighted by Gasteiger charge is 2.45. The van der Waals surface area contributed by atoms with Crippen molar-refractivity contribution in [1.29, 1.82) is 0 Å². The number of ether oxygens (including phenoxy) is 1. The van der Waals surface area contributed by atoms with Gasteiger partial charge in [-0.1, -0.05) is 61.0 Å². The minimum Gasteiger partial charge on any atom is -0.480 e. The molecular weight excluding hydrogens is 522 g/mol. The highest BCUT2D eigenvalue weighted by atomic mass is 35.5. The molecule has 0 aromatic heterocycles. The predicted octanol–water partition coefficient (Wildman–Crippen LogP) is 5.77. The monoisotopic (exact) mass is 556 g/mol. The smallest absolute Gasteiger partial charge is 0.249 e. The number of primary amides is 1. The van der Waals surface area contributed by atoms with Gasteiger partial charge in [0.15, 0.2) is 5.60 Å². The van der Waals surface area contributed by atoms with Crippen LogP contribution in [0.3, 0.4) is 0 Å². The largest absolute Gasteiger partial charge is 0.480 e. The number of amides is 1. The van der Waals surface area contributed by atoms with Gasteiger partial charge in [0.05, 0.1) is 10.6 Å². The third-order valence-corrected chi connectivity index (χ3v) is 8.92. The number of carbonyl (C=O) groups excluding carboxylic acids is 1. The highest BCUT2D eigenvalue weighted by Crippen LogP contribution is 2.50. The number of nitrogens with one attached hydrogen (secondary N) is 1. The number of fused-ring (bicyclic) bond motifs is 1. The molecular formula is C31H35ClF2N2O3. The predicted molar refractivity (Wildman–Crippen MR) is 149 cm³/mol. The van der Waals surface area contributed by atoms with Crippen molar-refractivity contribution in [3.05, 3.63) is 81.7 Å². The Morgan fingerprint density at radius 2 is 1.95 bits per heavy atom. The van der Waals surface area contributed by atoms with Gasteiger partial charge in [0.1, 0.15) is 17.7 Å². The zero-order chi connectivity index (χ0) is 27.9. The van der Waals surface area contributed by atoms with Gasteiger partial charge >= 0.3 is 0 Å². The molecule has 0 bridgehead atoms. The van der Waals surface area contributed by atoms with Crippen LogP contribution in [-0.4, -0.2) is 35.4 Å². The Bertz CT molecular complexity index is 1320. The van der Waals surface area contributed by atoms with Crippen LogP contribution >= 0.6 is 11.6 Å². The van der Waals surface area contributed by atoms with E-state index >= 15 is 8.78 Å². The minimum atomic E-state index is -1.58. The van der Waals surface area contributed by atoms with E-state index in [1.807, 2.05) is 44.2 Å². The van der Waals surface area contributed by atoms with Gasteiger partial charge in [-0.05, 0) is 44.6 Å². The highest BCUT2D eigenvalue weighted by molar-refractivity contribution is 6.33. The molecule has 1 aliphatic heterocycles. The maximum atomic E-state index is 16.0. The third-order valence-electron chi connectivity index (χ3n) is 8.55. The summed E-state index contributed by atoms with van der Waals surface area (Å²) in [5.41, 5.74) is 5.70. The first-order valence-corrected chi connectivity index (χ1v) is 14.0. The number of benzene rings is 2. The Morgan fingerprint density at radius 3 is 2.59 bits per heavy atom. The number of rotatable bonds is 7. The van der Waals surface area contributed by atoms with Crippen LogP contribution in [0.2, 0.25) is 5.02 Å². The Morgan fingerprint density at radius 1 is 1.26 bits per heavy atom. The van der Waals surface area contributed by atoms with E-state index in [-0.39, 0.29) is 33.5 Å². The molecule has 5 rings (SSSR count). The van der Waals surface area contributed by atoms with Crippen molar-refractivity contribution < 1.29 is 23.4 Å². The molecule has 3 aliphatic rings. The van der Waals surface area contributed by atoms with E-state index in [4.69, 9.17) is 22.1 Å². The summed E-state index contributed by atoms with van der Waals surface area (Å²) in [7, 11) is 0. The molecule has 1 amide bonds. The van der Waals surface area contributed by atoms with E-state index in [0.717, 1.165) is 18.4 Å². The van der Waals surface area contributed by atoms with E-state index in [9.17, 15) is 9.90 Å². The zero-order valence-corrected chi connectivity index (χ0v) is 23.0. The van der Waals surface area contributed by atoms with Crippen LogP contribution in [0.5, 0.6) is 5.75 Å². The summed E-state index contributed by atoms with van der Waals surface area (Å²) >= 11 is 6.55. The fourth-order valence-corrected chi connectivity index (χ4v) is 6.45. The summed E-state index contributed by atoms with van der Waals surface area (Å²) in [6.45, 7) is 4.13. The summed E-state index contributed by atoms with van der Waals surface area (Å²) in [5, 5.41) is 13.7. The molecule has 0 radical (unpaired) electrons. The maximum absolute atomic E-state index is 16.0. The molecule has 5 nitrogen and oxygen atoms in total. The second-order valence-corrected chi connectivity index (χ2v) is 11.7. The van der Waals surface area contributed by atoms with Gasteiger partial charge in [-0.25, -0.2) is 8.78 Å². The summed E-state index contributed by atoms with van der Waals surface area (Å²) in [4.78, 5) is 12.4. The number of carbonyl (C=O) groups is 1. The Balaban J connectivity index is 1.58. The van der Waals surface area contributed by atoms with Gasteiger partial charge in [-0.15, -0.1) is 0 Å². The molecule has 3 atom stereocenters. The van der Waals surface area contributed by atoms with Crippen molar-refractivity contribution in [3.63, 3.8) is 0 Å². The fraction of sp³-hybridized carbons (Fsp3) is 0.452. The molecule has 2 unspecified atom stereocenters. The molecule has 2 aromatic rings. The van der Waals surface area contributed by atoms with Crippen LogP contribution in [0.1, 0.15) is 62.6 Å². The van der Waals surface area contributed by atoms with E-state index in [2.05, 4.69) is 5.32 Å². The quantitative estimate of drug-likeness (QED) is 0.404. The van der Waals surface area contributed by atoms with Crippen LogP contribution in [0, 0.1) is 11.7 Å². The summed E-state index contributed by atoms with van der Waals surface area (Å²) in [5.74, 6) is -1.77. The van der Waals surface area contributed by atoms with Gasteiger partial charge < -0.3 is 20.9 Å². The zero-order valence-electron chi connectivity index (χ0n) is 22.3. The molecule has 0 spiro atoms. The lowest BCUT2D eigenvalue weighted by Gasteiger charge is -2.36. The average molecular weight is 557 g/mol. The molecule has 208 valence electrons. The Kier molecular flexibility index (Phi) is 7.61. The number of aliphatic hydroxyl groups is 1. The maximum Gasteiger partial charge on any atom is 0.249 e. The van der Waals surface area contributed by atoms with E-state index in [0.29, 0.717) is 37.8 Å². The van der Waals surface area contributed by atoms with Crippen LogP contribution in [0.25, 0.3) is 5.57 Å². The van der Waals surface area contributed by atoms with Crippen molar-refractivity contribution in [2.75, 3.05) is 6.54 Å². The van der Waals surface area contributed by atoms with Crippen molar-refractivity contribution in [2.45, 2.75) is 75.8 Å². The van der Waals surface area contributed by atoms with Gasteiger partial charge in [0.2, 0.25) is 5.91 Å². The lowest BCUT2D eigenvalue weighted by Crippen LogP contribution is -2.48. The molecule has 0 saturated heterocycles. The number of hydrogen-bond acceptors (Lipinski definition) is 4. The SMILES string of the molecule is CCC1C=CC(C(N)=O)=C(c2c(Cl)c(F)cc3c2C[C@@](CN[C@H]2CC[C@](C)(O)CC2)(c2ccccc2)O3)C1F. The minimum absolute atomic E-state index is 0.00788. The summed E-state index contributed by atoms with van der Waals surface area (Å²) in [6.07, 6.45) is 5.40. The first kappa shape index (κ1) is 27.8. The Labute approximate surface area is 233 Å². The fourth-order valence-electron chi connectivity index (χ4n) is 6.18. The lowest BCUT2D eigenvalue weighted by molar-refractivity contribution is -0.114. The van der Waals surface area contributed by atoms with E-state index < -0.39 is 35.0 Å². The number of nitrogens with two attached hydrogens (primary N) is 1. The molecule has 1 heterocycles. The molecule has 4 N–H and O–H groups in total. The average Bonchev–Trinajstić information content (AvgIpc) is 3.28. The normalized spacial score (nSPS) is 30.3. The first-order valence-electron chi connectivity index (χ1n) is 13.6. The van der Waals surface area contributed by atoms with Crippen molar-refractivity contribution >= 4 is 23.1 Å². The molecule has 2 aliphatic carbocycles. The second kappa shape index (κ2) is 10.7. The number of allylic oxidation sites excluding steroid dienone is 2. The Hall–Kier alpha value is -2.74. The van der Waals surface area contributed by atoms with Gasteiger partial charge in [0.25, 0.3) is 0 Å². The molecule has 1 saturated carbocycles. The number of halogens is 3. The van der Waals surface area contributed by atoms with Crippen LogP contribution in [0.4, 0.5) is 8.78 Å². The molecule has 1 fully saturated rings. The standard InChI is InChI=1S/C31H35ClF2N2O3/c1-3-18-9-10-21(29(35)37)26(28(18)34)25-22-16-31(19-7-5-4-6-8-19,39-24(22)15-23(33)27(25)32)17-36-20-11-13-30(2,38)14-12-20/h4-10,15,18,20,28,36,38H,3,11-14,16-17H2,1-2H3,(H2,35,37)/t18?,20-,28?,30-,31-/m1/s1. The summed E-state index contributed by atoms with van der Waals surface area (Å²) in [6, 6.07) is 11.1. The first-order chi connectivity index (χ1) is 18.5. The van der Waals surface area contributed by atoms with Crippen LogP contribution in [0.15, 0.2) is 54.1 Å². The molecule has 8 heteroatoms. The van der Waals surface area contributed by atoms with Crippen molar-refractivity contribution in [3.8, 4) is 5.75 Å². The third kappa shape index (κ3) is 5.24. The van der Waals surface area contributed by atoms with Crippen LogP contribution < -0.4 is 15.8 Å². The van der Waals surface area contributed by atoms with Crippen LogP contribution in [-0.2, 0) is 16.8 Å². The number of alkyl halides is 1. The van der Waals surface area contributed by atoms with E-state index in [1.54, 1.807) is 6.08 Å². The van der Waals surface area contributed by atoms with Crippen molar-refractivity contribution in [1.82, 2.24) is 5.32 Å². The van der Waals surface area contributed by atoms with Gasteiger partial charge in [-0.2, -0.15) is 0 Å². The van der Waals surface area contributed by atoms with Gasteiger partial charge in [0, 0.05) is 53.3 Å². The summed E-state index contributed by atoms with van der Waals surface area (Å²) < 4.78 is 37.9. The second-order valence-electron chi connectivity index (χ2n) is 11.3. The lowest BCUT2D eigenvalue weighted by atomic mass is 9.79. The van der Waals surface area contributed by atoms with E-state index in [1.165, 1.54) is 12.1 Å². The van der Waals surface area contributed by atoms with Gasteiger partial charge in [-0.3, -0.25) is 4.79 Å². The molecule has 39 heavy (non-hydrogen) atoms. The molecule has 2 aromatic carbocycles.